The minimum absolute atomic E-state index is 0.0336. The fraction of sp³-hybridized carbons (Fsp3) is 0.545. The summed E-state index contributed by atoms with van der Waals surface area (Å²) in [4.78, 5) is 13.7. The van der Waals surface area contributed by atoms with Crippen LogP contribution in [-0.4, -0.2) is 44.8 Å². The maximum Gasteiger partial charge on any atom is 0.257 e. The number of aromatic nitrogens is 2. The highest BCUT2D eigenvalue weighted by molar-refractivity contribution is 6.34. The number of hydrogen-bond acceptors (Lipinski definition) is 4. The van der Waals surface area contributed by atoms with Crippen molar-refractivity contribution in [2.45, 2.75) is 18.4 Å². The number of carbonyl (C=O) groups is 1. The molecule has 0 bridgehead atoms. The Kier molecular flexibility index (Phi) is 2.73. The molecule has 0 radical (unpaired) electrons. The first-order chi connectivity index (χ1) is 8.49. The monoisotopic (exact) mass is 287 g/mol. The lowest BCUT2D eigenvalue weighted by molar-refractivity contribution is -0.0958. The Morgan fingerprint density at radius 2 is 2.06 bits per heavy atom. The first-order valence-corrected chi connectivity index (χ1v) is 6.45. The number of rotatable bonds is 2. The number of hydrogen-bond donors (Lipinski definition) is 1. The van der Waals surface area contributed by atoms with E-state index >= 15 is 0 Å². The first-order valence-electron chi connectivity index (χ1n) is 5.70. The summed E-state index contributed by atoms with van der Waals surface area (Å²) in [6.45, 7) is 0.708. The molecule has 1 aromatic heterocycles. The van der Waals surface area contributed by atoms with E-state index in [0.29, 0.717) is 19.0 Å². The molecule has 7 heteroatoms. The van der Waals surface area contributed by atoms with Crippen LogP contribution in [0.15, 0.2) is 6.07 Å². The SMILES string of the molecule is O=C(c1cc(Cl)nnc1Cl)N1CC(O)(C2CC2)C1. The molecule has 3 rings (SSSR count). The predicted octanol–water partition coefficient (Wildman–Crippen LogP) is 1.38. The van der Waals surface area contributed by atoms with E-state index in [1.165, 1.54) is 6.07 Å². The number of likely N-dealkylation sites (tertiary alicyclic amines) is 1. The van der Waals surface area contributed by atoms with E-state index < -0.39 is 5.60 Å². The summed E-state index contributed by atoms with van der Waals surface area (Å²) in [5.74, 6) is 0.0818. The van der Waals surface area contributed by atoms with Crippen LogP contribution < -0.4 is 0 Å². The number of halogens is 2. The van der Waals surface area contributed by atoms with Crippen LogP contribution in [0.2, 0.25) is 10.3 Å². The molecule has 5 nitrogen and oxygen atoms in total. The van der Waals surface area contributed by atoms with Gasteiger partial charge in [-0.1, -0.05) is 23.2 Å². The molecule has 2 heterocycles. The van der Waals surface area contributed by atoms with Gasteiger partial charge < -0.3 is 10.0 Å². The highest BCUT2D eigenvalue weighted by atomic mass is 35.5. The third-order valence-electron chi connectivity index (χ3n) is 3.50. The zero-order chi connectivity index (χ0) is 12.9. The Hall–Kier alpha value is -0.910. The Morgan fingerprint density at radius 3 is 2.67 bits per heavy atom. The number of carbonyl (C=O) groups excluding carboxylic acids is 1. The van der Waals surface area contributed by atoms with Gasteiger partial charge in [0, 0.05) is 0 Å². The predicted molar refractivity (Wildman–Crippen MR) is 65.6 cm³/mol. The van der Waals surface area contributed by atoms with Crippen molar-refractivity contribution in [3.63, 3.8) is 0 Å². The second-order valence-corrected chi connectivity index (χ2v) is 5.66. The van der Waals surface area contributed by atoms with Gasteiger partial charge in [-0.3, -0.25) is 4.79 Å². The molecule has 0 atom stereocenters. The van der Waals surface area contributed by atoms with Crippen molar-refractivity contribution in [1.29, 1.82) is 0 Å². The summed E-state index contributed by atoms with van der Waals surface area (Å²) in [5.41, 5.74) is -0.471. The zero-order valence-electron chi connectivity index (χ0n) is 9.44. The average Bonchev–Trinajstić information content (AvgIpc) is 3.11. The van der Waals surface area contributed by atoms with Crippen molar-refractivity contribution in [2.75, 3.05) is 13.1 Å². The van der Waals surface area contributed by atoms with E-state index in [4.69, 9.17) is 23.2 Å². The second kappa shape index (κ2) is 4.05. The van der Waals surface area contributed by atoms with E-state index in [1.807, 2.05) is 0 Å². The van der Waals surface area contributed by atoms with Crippen molar-refractivity contribution in [3.8, 4) is 0 Å². The molecular weight excluding hydrogens is 277 g/mol. The Bertz CT molecular complexity index is 513. The molecule has 96 valence electrons. The molecule has 0 aromatic carbocycles. The number of nitrogens with zero attached hydrogens (tertiary/aromatic N) is 3. The van der Waals surface area contributed by atoms with Crippen molar-refractivity contribution in [3.05, 3.63) is 21.9 Å². The van der Waals surface area contributed by atoms with Gasteiger partial charge in [0.05, 0.1) is 18.7 Å². The van der Waals surface area contributed by atoms with E-state index in [2.05, 4.69) is 10.2 Å². The maximum atomic E-state index is 12.1. The molecule has 1 aromatic rings. The highest BCUT2D eigenvalue weighted by Gasteiger charge is 2.53. The van der Waals surface area contributed by atoms with Gasteiger partial charge in [0.2, 0.25) is 0 Å². The summed E-state index contributed by atoms with van der Waals surface area (Å²) < 4.78 is 0. The van der Waals surface area contributed by atoms with Crippen molar-refractivity contribution >= 4 is 29.1 Å². The van der Waals surface area contributed by atoms with Gasteiger partial charge in [0.1, 0.15) is 5.60 Å². The van der Waals surface area contributed by atoms with Crippen LogP contribution in [0.1, 0.15) is 23.2 Å². The van der Waals surface area contributed by atoms with Gasteiger partial charge in [0.15, 0.2) is 10.3 Å². The van der Waals surface area contributed by atoms with Crippen molar-refractivity contribution in [1.82, 2.24) is 15.1 Å². The van der Waals surface area contributed by atoms with Crippen molar-refractivity contribution < 1.29 is 9.90 Å². The van der Waals surface area contributed by atoms with Crippen LogP contribution in [-0.2, 0) is 0 Å². The van der Waals surface area contributed by atoms with E-state index in [9.17, 15) is 9.90 Å². The third kappa shape index (κ3) is 1.96. The van der Waals surface area contributed by atoms with Gasteiger partial charge in [-0.05, 0) is 24.8 Å². The second-order valence-electron chi connectivity index (χ2n) is 4.91. The van der Waals surface area contributed by atoms with Gasteiger partial charge >= 0.3 is 0 Å². The topological polar surface area (TPSA) is 66.3 Å². The minimum Gasteiger partial charge on any atom is -0.386 e. The molecule has 1 saturated heterocycles. The fourth-order valence-electron chi connectivity index (χ4n) is 2.31. The third-order valence-corrected chi connectivity index (χ3v) is 3.97. The summed E-state index contributed by atoms with van der Waals surface area (Å²) in [6, 6.07) is 1.40. The molecule has 2 fully saturated rings. The summed E-state index contributed by atoms with van der Waals surface area (Å²) in [5, 5.41) is 17.5. The number of aliphatic hydroxyl groups is 1. The van der Waals surface area contributed by atoms with E-state index in [0.717, 1.165) is 12.8 Å². The standard InChI is InChI=1S/C11H11Cl2N3O2/c12-8-3-7(9(13)15-14-8)10(17)16-4-11(18,5-16)6-1-2-6/h3,6,18H,1-2,4-5H2. The Labute approximate surface area is 114 Å². The lowest BCUT2D eigenvalue weighted by atomic mass is 9.88. The zero-order valence-corrected chi connectivity index (χ0v) is 10.9. The molecule has 2 aliphatic rings. The summed E-state index contributed by atoms with van der Waals surface area (Å²) in [6.07, 6.45) is 2.09. The van der Waals surface area contributed by atoms with Crippen LogP contribution in [0.5, 0.6) is 0 Å². The quantitative estimate of drug-likeness (QED) is 0.892. The minimum atomic E-state index is -0.702. The summed E-state index contributed by atoms with van der Waals surface area (Å²) >= 11 is 11.5. The van der Waals surface area contributed by atoms with Crippen LogP contribution in [0, 0.1) is 5.92 Å². The van der Waals surface area contributed by atoms with E-state index in [1.54, 1.807) is 4.90 Å². The summed E-state index contributed by atoms with van der Waals surface area (Å²) in [7, 11) is 0. The molecule has 1 aliphatic heterocycles. The van der Waals surface area contributed by atoms with E-state index in [-0.39, 0.29) is 21.8 Å². The van der Waals surface area contributed by atoms with Crippen molar-refractivity contribution in [2.24, 2.45) is 5.92 Å². The molecule has 1 saturated carbocycles. The molecule has 0 spiro atoms. The largest absolute Gasteiger partial charge is 0.386 e. The van der Waals surface area contributed by atoms with Crippen LogP contribution in [0.25, 0.3) is 0 Å². The smallest absolute Gasteiger partial charge is 0.257 e. The average molecular weight is 288 g/mol. The Balaban J connectivity index is 1.74. The molecule has 0 unspecified atom stereocenters. The highest BCUT2D eigenvalue weighted by Crippen LogP contribution is 2.44. The number of β-amino-alcohol motifs (C(OH)–C–C–N with tert-alkyl or cyclic N) is 1. The molecule has 1 amide bonds. The van der Waals surface area contributed by atoms with Gasteiger partial charge in [-0.2, -0.15) is 0 Å². The lowest BCUT2D eigenvalue weighted by Gasteiger charge is -2.47. The van der Waals surface area contributed by atoms with Crippen LogP contribution in [0.3, 0.4) is 0 Å². The van der Waals surface area contributed by atoms with Gasteiger partial charge in [0.25, 0.3) is 5.91 Å². The lowest BCUT2D eigenvalue weighted by Crippen LogP contribution is -2.64. The first kappa shape index (κ1) is 12.1. The van der Waals surface area contributed by atoms with Crippen LogP contribution >= 0.6 is 23.2 Å². The molecular formula is C11H11Cl2N3O2. The fourth-order valence-corrected chi connectivity index (χ4v) is 2.63. The van der Waals surface area contributed by atoms with Gasteiger partial charge in [-0.15, -0.1) is 10.2 Å². The molecule has 1 N–H and O–H groups in total. The normalized spacial score (nSPS) is 21.6. The maximum absolute atomic E-state index is 12.1. The van der Waals surface area contributed by atoms with Gasteiger partial charge in [-0.25, -0.2) is 0 Å². The molecule has 1 aliphatic carbocycles. The Morgan fingerprint density at radius 1 is 1.39 bits per heavy atom. The van der Waals surface area contributed by atoms with Crippen LogP contribution in [0.4, 0.5) is 0 Å². The number of amides is 1. The molecule has 18 heavy (non-hydrogen) atoms.